The van der Waals surface area contributed by atoms with Crippen LogP contribution in [0.2, 0.25) is 0 Å². The van der Waals surface area contributed by atoms with Crippen molar-refractivity contribution in [2.24, 2.45) is 5.92 Å². The first-order valence-electron chi connectivity index (χ1n) is 4.05. The third-order valence-corrected chi connectivity index (χ3v) is 2.66. The van der Waals surface area contributed by atoms with E-state index in [1.165, 1.54) is 0 Å². The number of aliphatic carboxylic acids is 1. The van der Waals surface area contributed by atoms with Crippen molar-refractivity contribution in [3.05, 3.63) is 0 Å². The Kier molecular flexibility index (Phi) is 2.18. The third kappa shape index (κ3) is 1.38. The first kappa shape index (κ1) is 8.53. The Hall–Kier alpha value is -0.570. The highest BCUT2D eigenvalue weighted by Gasteiger charge is 2.43. The molecule has 1 rings (SSSR count). The normalized spacial score (nSPS) is 37.5. The zero-order valence-electron chi connectivity index (χ0n) is 6.71. The number of carboxylic acids is 1. The van der Waals surface area contributed by atoms with Crippen molar-refractivity contribution in [1.29, 1.82) is 0 Å². The maximum Gasteiger partial charge on any atom is 0.309 e. The van der Waals surface area contributed by atoms with Crippen molar-refractivity contribution in [2.45, 2.75) is 38.2 Å². The summed E-state index contributed by atoms with van der Waals surface area (Å²) in [6, 6.07) is 0. The molecule has 64 valence electrons. The molecule has 2 atom stereocenters. The number of carbonyl (C=O) groups is 1. The summed E-state index contributed by atoms with van der Waals surface area (Å²) in [5, 5.41) is 18.5. The van der Waals surface area contributed by atoms with Crippen LogP contribution in [0, 0.1) is 5.92 Å². The van der Waals surface area contributed by atoms with Crippen LogP contribution in [0.1, 0.15) is 32.6 Å². The van der Waals surface area contributed by atoms with E-state index >= 15 is 0 Å². The SMILES string of the molecule is CC[C@@]1(O)CCC[C@@H]1C(=O)O. The van der Waals surface area contributed by atoms with Gasteiger partial charge in [0.2, 0.25) is 0 Å². The molecule has 0 aliphatic heterocycles. The van der Waals surface area contributed by atoms with Crippen LogP contribution in [0.25, 0.3) is 0 Å². The molecular formula is C8H14O3. The Balaban J connectivity index is 2.72. The molecule has 2 N–H and O–H groups in total. The molecule has 0 bridgehead atoms. The van der Waals surface area contributed by atoms with Crippen LogP contribution in [0.5, 0.6) is 0 Å². The van der Waals surface area contributed by atoms with Gasteiger partial charge in [-0.25, -0.2) is 0 Å². The summed E-state index contributed by atoms with van der Waals surface area (Å²) in [5.41, 5.74) is -0.925. The molecule has 0 aromatic heterocycles. The van der Waals surface area contributed by atoms with Crippen LogP contribution in [0.15, 0.2) is 0 Å². The second kappa shape index (κ2) is 2.81. The van der Waals surface area contributed by atoms with Crippen molar-refractivity contribution in [3.8, 4) is 0 Å². The van der Waals surface area contributed by atoms with Gasteiger partial charge in [-0.05, 0) is 25.7 Å². The van der Waals surface area contributed by atoms with Gasteiger partial charge in [-0.1, -0.05) is 6.92 Å². The van der Waals surface area contributed by atoms with Crippen molar-refractivity contribution < 1.29 is 15.0 Å². The van der Waals surface area contributed by atoms with E-state index in [1.807, 2.05) is 6.92 Å². The van der Waals surface area contributed by atoms with Crippen LogP contribution in [0.4, 0.5) is 0 Å². The molecule has 0 spiro atoms. The second-order valence-electron chi connectivity index (χ2n) is 3.24. The lowest BCUT2D eigenvalue weighted by Crippen LogP contribution is -2.36. The third-order valence-electron chi connectivity index (χ3n) is 2.66. The smallest absolute Gasteiger partial charge is 0.309 e. The van der Waals surface area contributed by atoms with Gasteiger partial charge in [-0.2, -0.15) is 0 Å². The van der Waals surface area contributed by atoms with Gasteiger partial charge >= 0.3 is 5.97 Å². The molecule has 1 aliphatic rings. The van der Waals surface area contributed by atoms with Crippen molar-refractivity contribution in [3.63, 3.8) is 0 Å². The predicted octanol–water partition coefficient (Wildman–Crippen LogP) is 1.01. The maximum absolute atomic E-state index is 10.6. The van der Waals surface area contributed by atoms with Crippen LogP contribution in [-0.4, -0.2) is 21.8 Å². The van der Waals surface area contributed by atoms with Gasteiger partial charge in [-0.3, -0.25) is 4.79 Å². The van der Waals surface area contributed by atoms with E-state index in [2.05, 4.69) is 0 Å². The van der Waals surface area contributed by atoms with E-state index in [0.29, 0.717) is 19.3 Å². The predicted molar refractivity (Wildman–Crippen MR) is 40.2 cm³/mol. The van der Waals surface area contributed by atoms with E-state index in [0.717, 1.165) is 6.42 Å². The van der Waals surface area contributed by atoms with Crippen molar-refractivity contribution in [1.82, 2.24) is 0 Å². The molecule has 1 saturated carbocycles. The summed E-state index contributed by atoms with van der Waals surface area (Å²) in [4.78, 5) is 10.6. The Bertz CT molecular complexity index is 167. The molecule has 1 aliphatic carbocycles. The molecule has 0 aromatic rings. The molecular weight excluding hydrogens is 144 g/mol. The topological polar surface area (TPSA) is 57.5 Å². The fourth-order valence-corrected chi connectivity index (χ4v) is 1.83. The number of carboxylic acid groups (broad SMARTS) is 1. The molecule has 0 saturated heterocycles. The monoisotopic (exact) mass is 158 g/mol. The minimum atomic E-state index is -0.925. The number of aliphatic hydroxyl groups is 1. The highest BCUT2D eigenvalue weighted by atomic mass is 16.4. The Morgan fingerprint density at radius 1 is 1.73 bits per heavy atom. The van der Waals surface area contributed by atoms with Crippen molar-refractivity contribution in [2.75, 3.05) is 0 Å². The number of hydrogen-bond donors (Lipinski definition) is 2. The molecule has 0 aromatic carbocycles. The van der Waals surface area contributed by atoms with Gasteiger partial charge in [0, 0.05) is 0 Å². The molecule has 0 heterocycles. The molecule has 0 radical (unpaired) electrons. The highest BCUT2D eigenvalue weighted by molar-refractivity contribution is 5.72. The summed E-state index contributed by atoms with van der Waals surface area (Å²) >= 11 is 0. The van der Waals surface area contributed by atoms with Gasteiger partial charge in [-0.15, -0.1) is 0 Å². The lowest BCUT2D eigenvalue weighted by Gasteiger charge is -2.25. The van der Waals surface area contributed by atoms with Gasteiger partial charge < -0.3 is 10.2 Å². The molecule has 0 amide bonds. The lowest BCUT2D eigenvalue weighted by atomic mass is 9.88. The van der Waals surface area contributed by atoms with Crippen LogP contribution in [0.3, 0.4) is 0 Å². The zero-order valence-corrected chi connectivity index (χ0v) is 6.71. The van der Waals surface area contributed by atoms with E-state index < -0.39 is 17.5 Å². The molecule has 0 unspecified atom stereocenters. The number of hydrogen-bond acceptors (Lipinski definition) is 2. The Morgan fingerprint density at radius 3 is 2.73 bits per heavy atom. The highest BCUT2D eigenvalue weighted by Crippen LogP contribution is 2.37. The second-order valence-corrected chi connectivity index (χ2v) is 3.24. The van der Waals surface area contributed by atoms with Crippen LogP contribution < -0.4 is 0 Å². The average molecular weight is 158 g/mol. The van der Waals surface area contributed by atoms with Gasteiger partial charge in [0.05, 0.1) is 11.5 Å². The molecule has 11 heavy (non-hydrogen) atoms. The van der Waals surface area contributed by atoms with Gasteiger partial charge in [0.25, 0.3) is 0 Å². The standard InChI is InChI=1S/C8H14O3/c1-2-8(11)5-3-4-6(8)7(9)10/h6,11H,2-5H2,1H3,(H,9,10)/t6-,8-/m1/s1. The van der Waals surface area contributed by atoms with Crippen LogP contribution >= 0.6 is 0 Å². The number of rotatable bonds is 2. The minimum absolute atomic E-state index is 0.535. The minimum Gasteiger partial charge on any atom is -0.481 e. The summed E-state index contributed by atoms with van der Waals surface area (Å²) < 4.78 is 0. The summed E-state index contributed by atoms with van der Waals surface area (Å²) in [6.45, 7) is 1.83. The quantitative estimate of drug-likeness (QED) is 0.630. The van der Waals surface area contributed by atoms with Gasteiger partial charge in [0.1, 0.15) is 0 Å². The van der Waals surface area contributed by atoms with E-state index in [9.17, 15) is 9.90 Å². The van der Waals surface area contributed by atoms with Crippen molar-refractivity contribution >= 4 is 5.97 Å². The first-order valence-corrected chi connectivity index (χ1v) is 4.05. The molecule has 3 heteroatoms. The van der Waals surface area contributed by atoms with Gasteiger partial charge in [0.15, 0.2) is 0 Å². The lowest BCUT2D eigenvalue weighted by molar-refractivity contribution is -0.149. The van der Waals surface area contributed by atoms with E-state index in [-0.39, 0.29) is 0 Å². The Labute approximate surface area is 66.0 Å². The summed E-state index contributed by atoms with van der Waals surface area (Å²) in [6.07, 6.45) is 2.64. The molecule has 3 nitrogen and oxygen atoms in total. The van der Waals surface area contributed by atoms with E-state index in [4.69, 9.17) is 5.11 Å². The molecule has 1 fully saturated rings. The van der Waals surface area contributed by atoms with E-state index in [1.54, 1.807) is 0 Å². The zero-order chi connectivity index (χ0) is 8.48. The fourth-order valence-electron chi connectivity index (χ4n) is 1.83. The average Bonchev–Trinajstić information content (AvgIpc) is 2.32. The fraction of sp³-hybridized carbons (Fsp3) is 0.875. The summed E-state index contributed by atoms with van der Waals surface area (Å²) in [5.74, 6) is -1.39. The summed E-state index contributed by atoms with van der Waals surface area (Å²) in [7, 11) is 0. The maximum atomic E-state index is 10.6. The van der Waals surface area contributed by atoms with Crippen LogP contribution in [-0.2, 0) is 4.79 Å². The largest absolute Gasteiger partial charge is 0.481 e. The first-order chi connectivity index (χ1) is 5.10. The Morgan fingerprint density at radius 2 is 2.36 bits per heavy atom.